The fourth-order valence-electron chi connectivity index (χ4n) is 2.09. The van der Waals surface area contributed by atoms with E-state index in [1.807, 2.05) is 19.1 Å². The van der Waals surface area contributed by atoms with Crippen LogP contribution >= 0.6 is 11.6 Å². The van der Waals surface area contributed by atoms with Crippen LogP contribution in [0.4, 0.5) is 0 Å². The predicted molar refractivity (Wildman–Crippen MR) is 78.4 cm³/mol. The molecule has 0 radical (unpaired) electrons. The molecule has 0 saturated carbocycles. The molecule has 0 fully saturated rings. The highest BCUT2D eigenvalue weighted by atomic mass is 35.5. The molecule has 0 bridgehead atoms. The third-order valence-electron chi connectivity index (χ3n) is 3.28. The minimum atomic E-state index is -0.397. The van der Waals surface area contributed by atoms with Crippen LogP contribution in [0, 0.1) is 0 Å². The van der Waals surface area contributed by atoms with Crippen LogP contribution in [0.2, 0.25) is 0 Å². The van der Waals surface area contributed by atoms with Crippen molar-refractivity contribution in [2.24, 2.45) is 0 Å². The van der Waals surface area contributed by atoms with Crippen LogP contribution in [0.1, 0.15) is 30.4 Å². The monoisotopic (exact) mass is 293 g/mol. The molecule has 5 nitrogen and oxygen atoms in total. The summed E-state index contributed by atoms with van der Waals surface area (Å²) in [5.74, 6) is 0.306. The van der Waals surface area contributed by atoms with E-state index in [0.29, 0.717) is 24.4 Å². The van der Waals surface area contributed by atoms with Gasteiger partial charge in [-0.15, -0.1) is 11.6 Å². The van der Waals surface area contributed by atoms with Crippen molar-refractivity contribution < 1.29 is 0 Å². The lowest BCUT2D eigenvalue weighted by Gasteiger charge is -2.13. The number of aromatic nitrogens is 3. The minimum Gasteiger partial charge on any atom is -0.314 e. The number of pyridine rings is 1. The number of halogens is 1. The van der Waals surface area contributed by atoms with Crippen molar-refractivity contribution in [3.05, 3.63) is 62.7 Å². The normalized spacial score (nSPS) is 12.3. The number of H-pyrrole nitrogens is 1. The van der Waals surface area contributed by atoms with Gasteiger partial charge in [0, 0.05) is 42.5 Å². The van der Waals surface area contributed by atoms with Gasteiger partial charge in [-0.3, -0.25) is 14.3 Å². The second-order valence-corrected chi connectivity index (χ2v) is 4.93. The molecule has 1 atom stereocenters. The highest BCUT2D eigenvalue weighted by Gasteiger charge is 2.15. The quantitative estimate of drug-likeness (QED) is 0.853. The Morgan fingerprint density at radius 2 is 2.05 bits per heavy atom. The third-order valence-corrected chi connectivity index (χ3v) is 3.54. The molecule has 0 aliphatic heterocycles. The SMILES string of the molecule is CC(c1ccncc1)c1c[nH]c(=O)n(CCCCl)c1=O. The van der Waals surface area contributed by atoms with E-state index in [1.54, 1.807) is 12.4 Å². The summed E-state index contributed by atoms with van der Waals surface area (Å²) >= 11 is 5.62. The van der Waals surface area contributed by atoms with Crippen LogP contribution in [0.3, 0.4) is 0 Å². The molecule has 20 heavy (non-hydrogen) atoms. The largest absolute Gasteiger partial charge is 0.328 e. The van der Waals surface area contributed by atoms with E-state index in [1.165, 1.54) is 10.8 Å². The van der Waals surface area contributed by atoms with Crippen LogP contribution in [-0.2, 0) is 6.54 Å². The molecule has 2 aromatic heterocycles. The first-order valence-corrected chi connectivity index (χ1v) is 6.97. The smallest absolute Gasteiger partial charge is 0.314 e. The fraction of sp³-hybridized carbons (Fsp3) is 0.357. The van der Waals surface area contributed by atoms with E-state index >= 15 is 0 Å². The number of nitrogens with zero attached hydrogens (tertiary/aromatic N) is 2. The molecule has 0 aliphatic carbocycles. The molecule has 0 aliphatic rings. The molecule has 2 heterocycles. The molecular formula is C14H16ClN3O2. The van der Waals surface area contributed by atoms with Crippen LogP contribution in [0.15, 0.2) is 40.3 Å². The van der Waals surface area contributed by atoms with E-state index in [9.17, 15) is 9.59 Å². The zero-order valence-electron chi connectivity index (χ0n) is 11.2. The number of rotatable bonds is 5. The molecule has 2 aromatic rings. The van der Waals surface area contributed by atoms with Gasteiger partial charge >= 0.3 is 5.69 Å². The second kappa shape index (κ2) is 6.52. The van der Waals surface area contributed by atoms with E-state index in [0.717, 1.165) is 5.56 Å². The van der Waals surface area contributed by atoms with Gasteiger partial charge in [0.1, 0.15) is 0 Å². The number of nitrogens with one attached hydrogen (secondary N) is 1. The molecule has 0 spiro atoms. The van der Waals surface area contributed by atoms with Gasteiger partial charge in [0.25, 0.3) is 5.56 Å². The van der Waals surface area contributed by atoms with Crippen LogP contribution < -0.4 is 11.2 Å². The highest BCUT2D eigenvalue weighted by molar-refractivity contribution is 6.17. The molecule has 0 amide bonds. The van der Waals surface area contributed by atoms with Gasteiger partial charge < -0.3 is 4.98 Å². The summed E-state index contributed by atoms with van der Waals surface area (Å²) in [6, 6.07) is 3.72. The van der Waals surface area contributed by atoms with Crippen LogP contribution in [0.5, 0.6) is 0 Å². The van der Waals surface area contributed by atoms with Crippen LogP contribution in [0.25, 0.3) is 0 Å². The Kier molecular flexibility index (Phi) is 4.74. The Balaban J connectivity index is 2.43. The summed E-state index contributed by atoms with van der Waals surface area (Å²) in [5, 5.41) is 0. The highest BCUT2D eigenvalue weighted by Crippen LogP contribution is 2.19. The summed E-state index contributed by atoms with van der Waals surface area (Å²) in [5.41, 5.74) is 0.882. The first kappa shape index (κ1) is 14.5. The molecule has 1 N–H and O–H groups in total. The molecule has 6 heteroatoms. The standard InChI is InChI=1S/C14H16ClN3O2/c1-10(11-3-6-16-7-4-11)12-9-17-14(20)18(13(12)19)8-2-5-15/h3-4,6-7,9-10H,2,5,8H2,1H3,(H,17,20). The fourth-order valence-corrected chi connectivity index (χ4v) is 2.21. The van der Waals surface area contributed by atoms with Crippen molar-refractivity contribution in [2.75, 3.05) is 5.88 Å². The average Bonchev–Trinajstić information content (AvgIpc) is 2.47. The zero-order valence-corrected chi connectivity index (χ0v) is 11.9. The zero-order chi connectivity index (χ0) is 14.5. The van der Waals surface area contributed by atoms with Gasteiger partial charge in [0.2, 0.25) is 0 Å². The molecule has 106 valence electrons. The summed E-state index contributed by atoms with van der Waals surface area (Å²) in [7, 11) is 0. The minimum absolute atomic E-state index is 0.107. The molecule has 0 aromatic carbocycles. The summed E-state index contributed by atoms with van der Waals surface area (Å²) in [6.45, 7) is 2.25. The Labute approximate surface area is 121 Å². The Bertz CT molecular complexity index is 679. The first-order valence-electron chi connectivity index (χ1n) is 6.43. The lowest BCUT2D eigenvalue weighted by atomic mass is 9.96. The van der Waals surface area contributed by atoms with Crippen molar-refractivity contribution >= 4 is 11.6 Å². The number of hydrogen-bond donors (Lipinski definition) is 1. The van der Waals surface area contributed by atoms with Crippen molar-refractivity contribution in [2.45, 2.75) is 25.8 Å². The van der Waals surface area contributed by atoms with Crippen molar-refractivity contribution in [1.82, 2.24) is 14.5 Å². The third kappa shape index (κ3) is 2.99. The lowest BCUT2D eigenvalue weighted by Crippen LogP contribution is -2.37. The molecule has 0 saturated heterocycles. The predicted octanol–water partition coefficient (Wildman–Crippen LogP) is 1.71. The molecule has 1 unspecified atom stereocenters. The first-order chi connectivity index (χ1) is 9.65. The number of alkyl halides is 1. The van der Waals surface area contributed by atoms with E-state index in [-0.39, 0.29) is 11.5 Å². The van der Waals surface area contributed by atoms with Gasteiger partial charge in [0.05, 0.1) is 0 Å². The molecular weight excluding hydrogens is 278 g/mol. The Morgan fingerprint density at radius 3 is 2.70 bits per heavy atom. The van der Waals surface area contributed by atoms with Gasteiger partial charge in [-0.2, -0.15) is 0 Å². The van der Waals surface area contributed by atoms with Crippen molar-refractivity contribution in [3.63, 3.8) is 0 Å². The van der Waals surface area contributed by atoms with E-state index in [4.69, 9.17) is 11.6 Å². The summed E-state index contributed by atoms with van der Waals surface area (Å²) in [4.78, 5) is 30.7. The van der Waals surface area contributed by atoms with Gasteiger partial charge in [-0.05, 0) is 24.1 Å². The maximum absolute atomic E-state index is 12.4. The van der Waals surface area contributed by atoms with Crippen LogP contribution in [-0.4, -0.2) is 20.4 Å². The average molecular weight is 294 g/mol. The lowest BCUT2D eigenvalue weighted by molar-refractivity contribution is 0.605. The maximum Gasteiger partial charge on any atom is 0.328 e. The van der Waals surface area contributed by atoms with Gasteiger partial charge in [-0.1, -0.05) is 6.92 Å². The summed E-state index contributed by atoms with van der Waals surface area (Å²) in [6.07, 6.45) is 5.44. The van der Waals surface area contributed by atoms with E-state index in [2.05, 4.69) is 9.97 Å². The van der Waals surface area contributed by atoms with Crippen molar-refractivity contribution in [3.8, 4) is 0 Å². The molecule has 2 rings (SSSR count). The summed E-state index contributed by atoms with van der Waals surface area (Å²) < 4.78 is 1.20. The maximum atomic E-state index is 12.4. The van der Waals surface area contributed by atoms with E-state index < -0.39 is 5.69 Å². The number of aromatic amines is 1. The van der Waals surface area contributed by atoms with Gasteiger partial charge in [0.15, 0.2) is 0 Å². The van der Waals surface area contributed by atoms with Gasteiger partial charge in [-0.25, -0.2) is 4.79 Å². The Hall–Kier alpha value is -1.88. The van der Waals surface area contributed by atoms with Crippen molar-refractivity contribution in [1.29, 1.82) is 0 Å². The Morgan fingerprint density at radius 1 is 1.35 bits per heavy atom. The number of hydrogen-bond acceptors (Lipinski definition) is 3. The topological polar surface area (TPSA) is 67.8 Å². The second-order valence-electron chi connectivity index (χ2n) is 4.55.